The smallest absolute Gasteiger partial charge is 0.294 e. The van der Waals surface area contributed by atoms with Gasteiger partial charge in [-0.1, -0.05) is 0 Å². The monoisotopic (exact) mass is 339 g/mol. The number of nitrogens with zero attached hydrogens (tertiary/aromatic N) is 2. The van der Waals surface area contributed by atoms with Crippen LogP contribution in [0.3, 0.4) is 0 Å². The van der Waals surface area contributed by atoms with Crippen LogP contribution in [0, 0.1) is 0 Å². The van der Waals surface area contributed by atoms with E-state index < -0.39 is 0 Å². The average Bonchev–Trinajstić information content (AvgIpc) is 2.69. The van der Waals surface area contributed by atoms with Crippen molar-refractivity contribution in [3.8, 4) is 0 Å². The summed E-state index contributed by atoms with van der Waals surface area (Å²) in [5.74, 6) is -0.112. The number of ether oxygens (including phenoxy) is 2. The Morgan fingerprint density at radius 1 is 1.08 bits per heavy atom. The lowest BCUT2D eigenvalue weighted by Gasteiger charge is -2.30. The third-order valence-electron chi connectivity index (χ3n) is 4.61. The molecule has 0 radical (unpaired) electrons. The zero-order valence-electron chi connectivity index (χ0n) is 14.0. The molecule has 0 bridgehead atoms. The molecule has 1 fully saturated rings. The molecule has 1 amide bonds. The van der Waals surface area contributed by atoms with Crippen molar-refractivity contribution in [3.63, 3.8) is 0 Å². The third-order valence-corrected chi connectivity index (χ3v) is 4.61. The van der Waals surface area contributed by atoms with Crippen LogP contribution >= 0.6 is 0 Å². The van der Waals surface area contributed by atoms with E-state index in [0.717, 1.165) is 29.5 Å². The second-order valence-electron chi connectivity index (χ2n) is 6.26. The molecule has 130 valence electrons. The highest BCUT2D eigenvalue weighted by atomic mass is 16.6. The van der Waals surface area contributed by atoms with Gasteiger partial charge in [0.2, 0.25) is 5.76 Å². The summed E-state index contributed by atoms with van der Waals surface area (Å²) in [6, 6.07) is 6.03. The molecule has 0 unspecified atom stereocenters. The number of hydrogen-bond acceptors (Lipinski definition) is 5. The molecule has 0 spiro atoms. The molecule has 0 saturated carbocycles. The highest BCUT2D eigenvalue weighted by Crippen LogP contribution is 2.33. The van der Waals surface area contributed by atoms with Crippen LogP contribution in [-0.2, 0) is 14.3 Å². The number of pyridine rings is 1. The first-order chi connectivity index (χ1) is 12.3. The fourth-order valence-corrected chi connectivity index (χ4v) is 3.37. The Kier molecular flexibility index (Phi) is 4.41. The lowest BCUT2D eigenvalue weighted by atomic mass is 10.1. The molecule has 25 heavy (non-hydrogen) atoms. The quantitative estimate of drug-likeness (QED) is 0.931. The summed E-state index contributed by atoms with van der Waals surface area (Å²) < 4.78 is 10.5. The number of aromatic nitrogens is 1. The first-order valence-corrected chi connectivity index (χ1v) is 8.70. The van der Waals surface area contributed by atoms with E-state index in [-0.39, 0.29) is 11.7 Å². The number of hydrogen-bond donors (Lipinski definition) is 1. The Balaban J connectivity index is 1.66. The first-order valence-electron chi connectivity index (χ1n) is 8.70. The predicted molar refractivity (Wildman–Crippen MR) is 96.4 cm³/mol. The minimum absolute atomic E-state index is 0.198. The van der Waals surface area contributed by atoms with Crippen LogP contribution in [0.15, 0.2) is 42.6 Å². The van der Waals surface area contributed by atoms with Crippen molar-refractivity contribution in [2.24, 2.45) is 0 Å². The molecular weight excluding hydrogens is 318 g/mol. The number of rotatable bonds is 3. The topological polar surface area (TPSA) is 63.7 Å². The zero-order valence-corrected chi connectivity index (χ0v) is 14.0. The molecule has 1 aromatic carbocycles. The second-order valence-corrected chi connectivity index (χ2v) is 6.26. The first kappa shape index (κ1) is 15.7. The molecule has 2 aliphatic heterocycles. The summed E-state index contributed by atoms with van der Waals surface area (Å²) in [6.07, 6.45) is 8.68. The van der Waals surface area contributed by atoms with Gasteiger partial charge in [-0.05, 0) is 37.5 Å². The van der Waals surface area contributed by atoms with E-state index in [1.54, 1.807) is 12.4 Å². The van der Waals surface area contributed by atoms with Crippen molar-refractivity contribution < 1.29 is 14.3 Å². The van der Waals surface area contributed by atoms with Crippen LogP contribution in [0.25, 0.3) is 10.8 Å². The number of fused-ring (bicyclic) bond motifs is 1. The summed E-state index contributed by atoms with van der Waals surface area (Å²) in [4.78, 5) is 19.0. The maximum Gasteiger partial charge on any atom is 0.294 e. The summed E-state index contributed by atoms with van der Waals surface area (Å²) >= 11 is 0. The number of carbonyl (C=O) groups is 1. The largest absolute Gasteiger partial charge is 0.494 e. The van der Waals surface area contributed by atoms with E-state index in [2.05, 4.69) is 21.3 Å². The predicted octanol–water partition coefficient (Wildman–Crippen LogP) is 3.05. The number of nitrogens with one attached hydrogen (secondary N) is 1. The highest BCUT2D eigenvalue weighted by molar-refractivity contribution is 6.10. The van der Waals surface area contributed by atoms with E-state index in [1.165, 1.54) is 31.2 Å². The van der Waals surface area contributed by atoms with Gasteiger partial charge in [0.15, 0.2) is 0 Å². The van der Waals surface area contributed by atoms with E-state index in [1.807, 2.05) is 12.1 Å². The summed E-state index contributed by atoms with van der Waals surface area (Å²) in [7, 11) is 0. The zero-order chi connectivity index (χ0) is 17.1. The molecule has 2 aromatic rings. The molecule has 1 aromatic heterocycles. The Hall–Kier alpha value is -2.76. The fraction of sp³-hybridized carbons (Fsp3) is 0.368. The molecule has 1 saturated heterocycles. The maximum atomic E-state index is 12.4. The van der Waals surface area contributed by atoms with Crippen molar-refractivity contribution in [3.05, 3.63) is 42.6 Å². The summed E-state index contributed by atoms with van der Waals surface area (Å²) in [5, 5.41) is 4.94. The molecule has 0 atom stereocenters. The van der Waals surface area contributed by atoms with Crippen molar-refractivity contribution in [2.45, 2.75) is 19.3 Å². The number of carbonyl (C=O) groups excluding carboxylic acids is 1. The van der Waals surface area contributed by atoms with Crippen molar-refractivity contribution in [2.75, 3.05) is 36.5 Å². The van der Waals surface area contributed by atoms with Gasteiger partial charge in [-0.15, -0.1) is 0 Å². The van der Waals surface area contributed by atoms with Gasteiger partial charge in [0.05, 0.1) is 5.69 Å². The number of amides is 1. The van der Waals surface area contributed by atoms with Crippen LogP contribution in [0.5, 0.6) is 0 Å². The minimum Gasteiger partial charge on any atom is -0.494 e. The Morgan fingerprint density at radius 3 is 2.76 bits per heavy atom. The molecule has 6 heteroatoms. The second kappa shape index (κ2) is 7.01. The van der Waals surface area contributed by atoms with E-state index in [4.69, 9.17) is 9.47 Å². The Labute approximate surface area is 146 Å². The van der Waals surface area contributed by atoms with Crippen molar-refractivity contribution in [1.29, 1.82) is 0 Å². The van der Waals surface area contributed by atoms with Gasteiger partial charge in [0.25, 0.3) is 5.91 Å². The summed E-state index contributed by atoms with van der Waals surface area (Å²) in [6.45, 7) is 2.99. The highest BCUT2D eigenvalue weighted by Gasteiger charge is 2.19. The fourth-order valence-electron chi connectivity index (χ4n) is 3.37. The van der Waals surface area contributed by atoms with Crippen LogP contribution in [0.1, 0.15) is 19.3 Å². The maximum absolute atomic E-state index is 12.4. The van der Waals surface area contributed by atoms with Crippen LogP contribution in [0.2, 0.25) is 0 Å². The number of benzene rings is 1. The normalized spacial score (nSPS) is 17.4. The van der Waals surface area contributed by atoms with Gasteiger partial charge < -0.3 is 19.7 Å². The van der Waals surface area contributed by atoms with E-state index in [0.29, 0.717) is 13.2 Å². The molecule has 3 heterocycles. The Bertz CT molecular complexity index is 813. The van der Waals surface area contributed by atoms with Crippen LogP contribution < -0.4 is 10.2 Å². The van der Waals surface area contributed by atoms with Crippen LogP contribution in [0.4, 0.5) is 11.4 Å². The van der Waals surface area contributed by atoms with Gasteiger partial charge in [-0.2, -0.15) is 0 Å². The van der Waals surface area contributed by atoms with Crippen LogP contribution in [-0.4, -0.2) is 37.2 Å². The van der Waals surface area contributed by atoms with Gasteiger partial charge >= 0.3 is 0 Å². The third kappa shape index (κ3) is 3.24. The molecular formula is C19H21N3O3. The molecule has 6 nitrogen and oxygen atoms in total. The van der Waals surface area contributed by atoms with Crippen molar-refractivity contribution >= 4 is 28.1 Å². The van der Waals surface area contributed by atoms with Gasteiger partial charge in [0.1, 0.15) is 19.5 Å². The number of anilines is 2. The lowest BCUT2D eigenvalue weighted by Crippen LogP contribution is -2.29. The minimum atomic E-state index is -0.310. The molecule has 2 aliphatic rings. The average molecular weight is 339 g/mol. The lowest BCUT2D eigenvalue weighted by molar-refractivity contribution is -0.117. The van der Waals surface area contributed by atoms with Gasteiger partial charge in [-0.25, -0.2) is 0 Å². The SMILES string of the molecule is O=C(Nc1ccc(N2CCCCC2)c2ccncc12)C1=COCCO1. The van der Waals surface area contributed by atoms with E-state index in [9.17, 15) is 4.79 Å². The molecule has 0 aliphatic carbocycles. The standard InChI is InChI=1S/C19H21N3O3/c23-19(18-13-24-10-11-25-18)21-16-4-5-17(22-8-2-1-3-9-22)14-6-7-20-12-15(14)16/h4-7,12-13H,1-3,8-11H2,(H,21,23). The Morgan fingerprint density at radius 2 is 1.96 bits per heavy atom. The molecule has 4 rings (SSSR count). The number of piperidine rings is 1. The van der Waals surface area contributed by atoms with Gasteiger partial charge in [0, 0.05) is 41.9 Å². The molecule has 1 N–H and O–H groups in total. The summed E-state index contributed by atoms with van der Waals surface area (Å²) in [5.41, 5.74) is 1.93. The van der Waals surface area contributed by atoms with E-state index >= 15 is 0 Å². The van der Waals surface area contributed by atoms with Crippen molar-refractivity contribution in [1.82, 2.24) is 4.98 Å². The van der Waals surface area contributed by atoms with Gasteiger partial charge in [-0.3, -0.25) is 9.78 Å².